The van der Waals surface area contributed by atoms with Gasteiger partial charge in [0, 0.05) is 0 Å². The first-order chi connectivity index (χ1) is 11.3. The Morgan fingerprint density at radius 2 is 1.54 bits per heavy atom. The van der Waals surface area contributed by atoms with Crippen LogP contribution in [-0.2, 0) is 19.1 Å². The van der Waals surface area contributed by atoms with Crippen LogP contribution >= 0.6 is 0 Å². The number of imide groups is 1. The monoisotopic (exact) mass is 327 g/mol. The number of fused-ring (bicyclic) bond motifs is 5. The number of hydrogen-bond acceptors (Lipinski definition) is 5. The van der Waals surface area contributed by atoms with Gasteiger partial charge in [-0.15, -0.1) is 0 Å². The number of carbonyl (C=O) groups is 3. The standard InChI is InChI=1S/C18H17NO5/c1-17-8-9-18(2,24-17)13-12(17)14(20)19(15(13)21)11-6-4-10(5-7-11)16(22)23-3/h4-9,12-13H,1-3H3/t12-,13+,17-,18-/m1/s1. The maximum absolute atomic E-state index is 12.9. The molecule has 2 bridgehead atoms. The number of rotatable bonds is 2. The highest BCUT2D eigenvalue weighted by atomic mass is 16.5. The van der Waals surface area contributed by atoms with Gasteiger partial charge in [-0.1, -0.05) is 12.2 Å². The Hall–Kier alpha value is -2.47. The van der Waals surface area contributed by atoms with E-state index in [1.165, 1.54) is 12.0 Å². The van der Waals surface area contributed by atoms with Gasteiger partial charge in [0.1, 0.15) is 0 Å². The molecular formula is C18H17NO5. The molecule has 124 valence electrons. The second-order valence-corrected chi connectivity index (χ2v) is 6.81. The van der Waals surface area contributed by atoms with E-state index in [0.29, 0.717) is 11.3 Å². The Morgan fingerprint density at radius 1 is 1.04 bits per heavy atom. The van der Waals surface area contributed by atoms with E-state index in [9.17, 15) is 14.4 Å². The number of ether oxygens (including phenoxy) is 2. The van der Waals surface area contributed by atoms with Crippen molar-refractivity contribution in [3.8, 4) is 0 Å². The first kappa shape index (κ1) is 15.1. The molecule has 6 heteroatoms. The van der Waals surface area contributed by atoms with E-state index in [-0.39, 0.29) is 11.8 Å². The third-order valence-electron chi connectivity index (χ3n) is 5.27. The molecule has 0 saturated carbocycles. The summed E-state index contributed by atoms with van der Waals surface area (Å²) in [5.41, 5.74) is -0.664. The van der Waals surface area contributed by atoms with Crippen molar-refractivity contribution in [2.45, 2.75) is 25.0 Å². The molecule has 0 unspecified atom stereocenters. The zero-order chi connectivity index (χ0) is 17.3. The van der Waals surface area contributed by atoms with E-state index < -0.39 is 29.0 Å². The summed E-state index contributed by atoms with van der Waals surface area (Å²) < 4.78 is 10.6. The summed E-state index contributed by atoms with van der Waals surface area (Å²) in [7, 11) is 1.30. The van der Waals surface area contributed by atoms with Crippen molar-refractivity contribution in [1.82, 2.24) is 0 Å². The molecular weight excluding hydrogens is 310 g/mol. The molecule has 3 aliphatic rings. The third kappa shape index (κ3) is 1.72. The highest BCUT2D eigenvalue weighted by molar-refractivity contribution is 6.23. The summed E-state index contributed by atoms with van der Waals surface area (Å²) in [5, 5.41) is 0. The fraction of sp³-hybridized carbons (Fsp3) is 0.389. The maximum Gasteiger partial charge on any atom is 0.337 e. The quantitative estimate of drug-likeness (QED) is 0.470. The van der Waals surface area contributed by atoms with Crippen molar-refractivity contribution in [3.63, 3.8) is 0 Å². The lowest BCUT2D eigenvalue weighted by Crippen LogP contribution is -2.39. The molecule has 2 saturated heterocycles. The first-order valence-corrected chi connectivity index (χ1v) is 7.77. The van der Waals surface area contributed by atoms with Crippen LogP contribution in [0.3, 0.4) is 0 Å². The molecule has 24 heavy (non-hydrogen) atoms. The van der Waals surface area contributed by atoms with Crippen LogP contribution in [0, 0.1) is 11.8 Å². The smallest absolute Gasteiger partial charge is 0.337 e. The Balaban J connectivity index is 1.71. The van der Waals surface area contributed by atoms with Crippen molar-refractivity contribution in [1.29, 1.82) is 0 Å². The van der Waals surface area contributed by atoms with Crippen LogP contribution in [0.1, 0.15) is 24.2 Å². The molecule has 0 aliphatic carbocycles. The molecule has 4 atom stereocenters. The average molecular weight is 327 g/mol. The number of hydrogen-bond donors (Lipinski definition) is 0. The summed E-state index contributed by atoms with van der Waals surface area (Å²) in [6.07, 6.45) is 3.76. The fourth-order valence-corrected chi connectivity index (χ4v) is 4.15. The van der Waals surface area contributed by atoms with Gasteiger partial charge in [-0.05, 0) is 38.1 Å². The first-order valence-electron chi connectivity index (χ1n) is 7.77. The Kier molecular flexibility index (Phi) is 2.85. The lowest BCUT2D eigenvalue weighted by Gasteiger charge is -2.25. The minimum absolute atomic E-state index is 0.258. The molecule has 0 radical (unpaired) electrons. The summed E-state index contributed by atoms with van der Waals surface area (Å²) >= 11 is 0. The van der Waals surface area contributed by atoms with Crippen molar-refractivity contribution < 1.29 is 23.9 Å². The Morgan fingerprint density at radius 3 is 2.00 bits per heavy atom. The zero-order valence-corrected chi connectivity index (χ0v) is 13.6. The number of benzene rings is 1. The van der Waals surface area contributed by atoms with E-state index in [4.69, 9.17) is 4.74 Å². The topological polar surface area (TPSA) is 72.9 Å². The highest BCUT2D eigenvalue weighted by Gasteiger charge is 2.70. The van der Waals surface area contributed by atoms with E-state index in [1.54, 1.807) is 24.3 Å². The van der Waals surface area contributed by atoms with Gasteiger partial charge < -0.3 is 9.47 Å². The molecule has 2 amide bonds. The predicted molar refractivity (Wildman–Crippen MR) is 84.3 cm³/mol. The number of amides is 2. The lowest BCUT2D eigenvalue weighted by atomic mass is 9.73. The second kappa shape index (κ2) is 4.54. The Labute approximate surface area is 139 Å². The van der Waals surface area contributed by atoms with Gasteiger partial charge in [0.15, 0.2) is 0 Å². The molecule has 0 N–H and O–H groups in total. The fourth-order valence-electron chi connectivity index (χ4n) is 4.15. The van der Waals surface area contributed by atoms with Crippen molar-refractivity contribution in [2.75, 3.05) is 12.0 Å². The molecule has 2 fully saturated rings. The molecule has 1 aromatic rings. The summed E-state index contributed by atoms with van der Waals surface area (Å²) in [5.74, 6) is -2.01. The predicted octanol–water partition coefficient (Wildman–Crippen LogP) is 1.70. The minimum Gasteiger partial charge on any atom is -0.465 e. The SMILES string of the molecule is COC(=O)c1ccc(N2C(=O)[C@@H]3[C@H](C2=O)[C@@]2(C)C=C[C@@]3(C)O2)cc1. The van der Waals surface area contributed by atoms with Crippen LogP contribution in [0.25, 0.3) is 0 Å². The van der Waals surface area contributed by atoms with E-state index in [1.807, 2.05) is 26.0 Å². The molecule has 0 spiro atoms. The normalized spacial score (nSPS) is 36.4. The zero-order valence-electron chi connectivity index (χ0n) is 13.6. The highest BCUT2D eigenvalue weighted by Crippen LogP contribution is 2.57. The Bertz CT molecular complexity index is 762. The molecule has 3 aliphatic heterocycles. The van der Waals surface area contributed by atoms with Gasteiger partial charge in [-0.2, -0.15) is 0 Å². The number of anilines is 1. The number of methoxy groups -OCH3 is 1. The van der Waals surface area contributed by atoms with Crippen LogP contribution in [-0.4, -0.2) is 36.1 Å². The van der Waals surface area contributed by atoms with E-state index in [2.05, 4.69) is 4.74 Å². The third-order valence-corrected chi connectivity index (χ3v) is 5.27. The molecule has 1 aromatic carbocycles. The second-order valence-electron chi connectivity index (χ2n) is 6.81. The molecule has 3 heterocycles. The summed E-state index contributed by atoms with van der Waals surface area (Å²) in [6, 6.07) is 6.26. The number of nitrogens with zero attached hydrogens (tertiary/aromatic N) is 1. The lowest BCUT2D eigenvalue weighted by molar-refractivity contribution is -0.128. The van der Waals surface area contributed by atoms with Crippen LogP contribution in [0.5, 0.6) is 0 Å². The van der Waals surface area contributed by atoms with Gasteiger partial charge in [0.25, 0.3) is 0 Å². The van der Waals surface area contributed by atoms with E-state index >= 15 is 0 Å². The van der Waals surface area contributed by atoms with Gasteiger partial charge in [0.05, 0.1) is 41.4 Å². The van der Waals surface area contributed by atoms with Gasteiger partial charge in [-0.3, -0.25) is 9.59 Å². The number of carbonyl (C=O) groups excluding carboxylic acids is 3. The average Bonchev–Trinajstić information content (AvgIpc) is 3.11. The van der Waals surface area contributed by atoms with Crippen molar-refractivity contribution >= 4 is 23.5 Å². The van der Waals surface area contributed by atoms with Crippen molar-refractivity contribution in [2.24, 2.45) is 11.8 Å². The molecule has 6 nitrogen and oxygen atoms in total. The van der Waals surface area contributed by atoms with Crippen LogP contribution in [0.2, 0.25) is 0 Å². The largest absolute Gasteiger partial charge is 0.465 e. The summed E-state index contributed by atoms with van der Waals surface area (Å²) in [4.78, 5) is 38.5. The molecule has 4 rings (SSSR count). The van der Waals surface area contributed by atoms with E-state index in [0.717, 1.165) is 0 Å². The number of esters is 1. The summed E-state index contributed by atoms with van der Waals surface area (Å²) in [6.45, 7) is 3.68. The van der Waals surface area contributed by atoms with Gasteiger partial charge in [-0.25, -0.2) is 9.69 Å². The minimum atomic E-state index is -0.743. The van der Waals surface area contributed by atoms with Crippen molar-refractivity contribution in [3.05, 3.63) is 42.0 Å². The molecule has 0 aromatic heterocycles. The van der Waals surface area contributed by atoms with Crippen LogP contribution < -0.4 is 4.90 Å². The van der Waals surface area contributed by atoms with Gasteiger partial charge >= 0.3 is 5.97 Å². The van der Waals surface area contributed by atoms with Crippen LogP contribution in [0.4, 0.5) is 5.69 Å². The van der Waals surface area contributed by atoms with Gasteiger partial charge in [0.2, 0.25) is 11.8 Å². The van der Waals surface area contributed by atoms with Crippen LogP contribution in [0.15, 0.2) is 36.4 Å². The maximum atomic E-state index is 12.9.